The molecule has 0 unspecified atom stereocenters. The second-order valence-electron chi connectivity index (χ2n) is 9.06. The zero-order chi connectivity index (χ0) is 26.9. The SMILES string of the molecule is CC(=O)N1CCN(c2ccc(Nc3nccc(-c4cnc5ccc(-c6cnn(C(F)F)c6)cn45)n3)nc2)CC1. The van der Waals surface area contributed by atoms with Gasteiger partial charge < -0.3 is 15.1 Å². The maximum absolute atomic E-state index is 13.0. The van der Waals surface area contributed by atoms with Crippen molar-refractivity contribution in [2.45, 2.75) is 13.5 Å². The molecule has 13 heteroatoms. The van der Waals surface area contributed by atoms with Crippen molar-refractivity contribution in [3.63, 3.8) is 0 Å². The highest BCUT2D eigenvalue weighted by atomic mass is 19.3. The first-order valence-corrected chi connectivity index (χ1v) is 12.3. The van der Waals surface area contributed by atoms with Crippen LogP contribution in [0, 0.1) is 0 Å². The maximum atomic E-state index is 13.0. The first-order chi connectivity index (χ1) is 18.9. The van der Waals surface area contributed by atoms with E-state index in [1.54, 1.807) is 31.6 Å². The van der Waals surface area contributed by atoms with Gasteiger partial charge in [0.2, 0.25) is 11.9 Å². The third-order valence-electron chi connectivity index (χ3n) is 6.64. The van der Waals surface area contributed by atoms with Crippen LogP contribution >= 0.6 is 0 Å². The second kappa shape index (κ2) is 10.1. The molecule has 1 amide bonds. The molecular weight excluding hydrogens is 506 g/mol. The Hall–Kier alpha value is -4.94. The molecule has 6 heterocycles. The number of anilines is 3. The van der Waals surface area contributed by atoms with Crippen LogP contribution < -0.4 is 10.2 Å². The molecule has 0 spiro atoms. The Morgan fingerprint density at radius 3 is 2.49 bits per heavy atom. The van der Waals surface area contributed by atoms with Gasteiger partial charge in [0.05, 0.1) is 35.7 Å². The lowest BCUT2D eigenvalue weighted by molar-refractivity contribution is -0.129. The maximum Gasteiger partial charge on any atom is 0.333 e. The van der Waals surface area contributed by atoms with E-state index in [-0.39, 0.29) is 5.91 Å². The summed E-state index contributed by atoms with van der Waals surface area (Å²) in [6.45, 7) is 1.80. The average Bonchev–Trinajstić information content (AvgIpc) is 3.61. The highest BCUT2D eigenvalue weighted by Crippen LogP contribution is 2.26. The van der Waals surface area contributed by atoms with E-state index in [4.69, 9.17) is 0 Å². The Morgan fingerprint density at radius 1 is 0.923 bits per heavy atom. The Bertz CT molecular complexity index is 1620. The molecule has 39 heavy (non-hydrogen) atoms. The van der Waals surface area contributed by atoms with Crippen molar-refractivity contribution in [3.05, 3.63) is 67.5 Å². The lowest BCUT2D eigenvalue weighted by Crippen LogP contribution is -2.48. The number of amides is 1. The van der Waals surface area contributed by atoms with E-state index in [9.17, 15) is 13.6 Å². The first-order valence-electron chi connectivity index (χ1n) is 12.3. The van der Waals surface area contributed by atoms with E-state index in [0.717, 1.165) is 18.8 Å². The van der Waals surface area contributed by atoms with Gasteiger partial charge in [-0.05, 0) is 30.3 Å². The number of halogens is 2. The fraction of sp³-hybridized carbons (Fsp3) is 0.231. The summed E-state index contributed by atoms with van der Waals surface area (Å²) >= 11 is 0. The molecule has 0 atom stereocenters. The number of alkyl halides is 2. The van der Waals surface area contributed by atoms with E-state index in [2.05, 4.69) is 35.3 Å². The third kappa shape index (κ3) is 4.98. The highest BCUT2D eigenvalue weighted by Gasteiger charge is 2.19. The summed E-state index contributed by atoms with van der Waals surface area (Å²) in [7, 11) is 0. The van der Waals surface area contributed by atoms with Crippen LogP contribution in [-0.2, 0) is 4.79 Å². The van der Waals surface area contributed by atoms with Crippen molar-refractivity contribution < 1.29 is 13.6 Å². The van der Waals surface area contributed by atoms with Crippen LogP contribution in [0.3, 0.4) is 0 Å². The summed E-state index contributed by atoms with van der Waals surface area (Å²) in [5, 5.41) is 6.86. The smallest absolute Gasteiger partial charge is 0.333 e. The van der Waals surface area contributed by atoms with Crippen LogP contribution in [0.25, 0.3) is 28.2 Å². The molecule has 5 aromatic rings. The molecule has 0 bridgehead atoms. The lowest BCUT2D eigenvalue weighted by atomic mass is 10.1. The first kappa shape index (κ1) is 24.4. The Kier molecular flexibility index (Phi) is 6.31. The van der Waals surface area contributed by atoms with Gasteiger partial charge in [-0.2, -0.15) is 13.9 Å². The minimum absolute atomic E-state index is 0.0979. The van der Waals surface area contributed by atoms with Crippen LogP contribution in [0.2, 0.25) is 0 Å². The summed E-state index contributed by atoms with van der Waals surface area (Å²) < 4.78 is 28.4. The van der Waals surface area contributed by atoms with Crippen LogP contribution in [0.5, 0.6) is 0 Å². The number of hydrogen-bond donors (Lipinski definition) is 1. The zero-order valence-electron chi connectivity index (χ0n) is 20.9. The molecule has 198 valence electrons. The molecule has 1 N–H and O–H groups in total. The number of rotatable bonds is 6. The van der Waals surface area contributed by atoms with Gasteiger partial charge >= 0.3 is 6.55 Å². The van der Waals surface area contributed by atoms with E-state index in [0.29, 0.717) is 57.7 Å². The number of aromatic nitrogens is 7. The Morgan fingerprint density at radius 2 is 1.77 bits per heavy atom. The van der Waals surface area contributed by atoms with Gasteiger partial charge in [-0.25, -0.2) is 24.6 Å². The minimum Gasteiger partial charge on any atom is -0.367 e. The van der Waals surface area contributed by atoms with Crippen molar-refractivity contribution in [1.82, 2.24) is 39.0 Å². The molecule has 5 aromatic heterocycles. The van der Waals surface area contributed by atoms with E-state index in [1.165, 1.54) is 12.4 Å². The minimum atomic E-state index is -2.70. The van der Waals surface area contributed by atoms with Gasteiger partial charge in [0.1, 0.15) is 11.5 Å². The third-order valence-corrected chi connectivity index (χ3v) is 6.64. The number of nitrogens with one attached hydrogen (secondary N) is 1. The molecule has 0 aromatic carbocycles. The van der Waals surface area contributed by atoms with Crippen molar-refractivity contribution in [3.8, 4) is 22.5 Å². The molecule has 1 fully saturated rings. The molecule has 1 aliphatic heterocycles. The number of carbonyl (C=O) groups is 1. The normalized spacial score (nSPS) is 13.8. The quantitative estimate of drug-likeness (QED) is 0.353. The summed E-state index contributed by atoms with van der Waals surface area (Å²) in [6.07, 6.45) is 9.66. The number of carbonyl (C=O) groups excluding carboxylic acids is 1. The predicted octanol–water partition coefficient (Wildman–Crippen LogP) is 3.86. The number of imidazole rings is 1. The molecule has 0 radical (unpaired) electrons. The Balaban J connectivity index is 1.20. The van der Waals surface area contributed by atoms with Gasteiger partial charge in [0, 0.05) is 62.8 Å². The summed E-state index contributed by atoms with van der Waals surface area (Å²) in [6, 6.07) is 9.23. The van der Waals surface area contributed by atoms with Gasteiger partial charge in [0.15, 0.2) is 0 Å². The Labute approximate surface area is 221 Å². The molecule has 1 saturated heterocycles. The van der Waals surface area contributed by atoms with Crippen molar-refractivity contribution in [2.75, 3.05) is 36.4 Å². The fourth-order valence-electron chi connectivity index (χ4n) is 4.54. The van der Waals surface area contributed by atoms with Gasteiger partial charge in [-0.1, -0.05) is 0 Å². The van der Waals surface area contributed by atoms with E-state index >= 15 is 0 Å². The molecule has 6 rings (SSSR count). The molecular formula is C26H24F2N10O. The highest BCUT2D eigenvalue weighted by molar-refractivity contribution is 5.73. The lowest BCUT2D eigenvalue weighted by Gasteiger charge is -2.35. The summed E-state index contributed by atoms with van der Waals surface area (Å²) in [5.41, 5.74) is 4.29. The molecule has 1 aliphatic rings. The van der Waals surface area contributed by atoms with Crippen LogP contribution in [-0.4, -0.2) is 71.1 Å². The topological polar surface area (TPSA) is 109 Å². The van der Waals surface area contributed by atoms with Crippen LogP contribution in [0.15, 0.2) is 67.5 Å². The average molecular weight is 531 g/mol. The summed E-state index contributed by atoms with van der Waals surface area (Å²) in [5.74, 6) is 1.06. The monoisotopic (exact) mass is 530 g/mol. The van der Waals surface area contributed by atoms with Gasteiger partial charge in [-0.15, -0.1) is 0 Å². The van der Waals surface area contributed by atoms with Crippen LogP contribution in [0.4, 0.5) is 26.2 Å². The van der Waals surface area contributed by atoms with Gasteiger partial charge in [-0.3, -0.25) is 9.20 Å². The van der Waals surface area contributed by atoms with Gasteiger partial charge in [0.25, 0.3) is 0 Å². The summed E-state index contributed by atoms with van der Waals surface area (Å²) in [4.78, 5) is 33.5. The molecule has 0 saturated carbocycles. The predicted molar refractivity (Wildman–Crippen MR) is 141 cm³/mol. The van der Waals surface area contributed by atoms with Crippen molar-refractivity contribution in [1.29, 1.82) is 0 Å². The number of nitrogens with zero attached hydrogens (tertiary/aromatic N) is 9. The standard InChI is InChI=1S/C26H24F2N10O/c1-17(39)35-8-10-36(11-9-35)20-3-4-23(30-13-20)34-26-29-7-6-21(33-26)22-14-31-24-5-2-18(15-37(22)24)19-12-32-38(16-19)25(27)28/h2-7,12-16,25H,8-11H2,1H3,(H,29,30,33,34). The van der Waals surface area contributed by atoms with Crippen LogP contribution in [0.1, 0.15) is 13.5 Å². The second-order valence-corrected chi connectivity index (χ2v) is 9.06. The number of fused-ring (bicyclic) bond motifs is 1. The molecule has 11 nitrogen and oxygen atoms in total. The fourth-order valence-corrected chi connectivity index (χ4v) is 4.54. The van der Waals surface area contributed by atoms with E-state index in [1.807, 2.05) is 39.8 Å². The number of hydrogen-bond acceptors (Lipinski definition) is 8. The largest absolute Gasteiger partial charge is 0.367 e. The number of piperazine rings is 1. The molecule has 0 aliphatic carbocycles. The van der Waals surface area contributed by atoms with E-state index < -0.39 is 6.55 Å². The zero-order valence-corrected chi connectivity index (χ0v) is 20.9. The van der Waals surface area contributed by atoms with Crippen molar-refractivity contribution in [2.24, 2.45) is 0 Å². The number of pyridine rings is 2. The van der Waals surface area contributed by atoms with Crippen molar-refractivity contribution >= 4 is 29.0 Å².